The smallest absolute Gasteiger partial charge is 0.148 e. The zero-order valence-corrected chi connectivity index (χ0v) is 13.5. The van der Waals surface area contributed by atoms with Gasteiger partial charge in [0.05, 0.1) is 5.75 Å². The molecule has 0 aromatic rings. The Hall–Kier alpha value is -0.130. The Morgan fingerprint density at radius 2 is 2.05 bits per heavy atom. The van der Waals surface area contributed by atoms with Gasteiger partial charge >= 0.3 is 0 Å². The molecular formula is C14H28N2O2S. The first kappa shape index (κ1) is 15.3. The third-order valence-electron chi connectivity index (χ3n) is 4.78. The minimum absolute atomic E-state index is 0.111. The molecule has 0 aromatic carbocycles. The average Bonchev–Trinajstić information content (AvgIpc) is 3.10. The summed E-state index contributed by atoms with van der Waals surface area (Å²) in [5.74, 6) is 1.04. The molecule has 1 saturated carbocycles. The Balaban J connectivity index is 2.09. The molecule has 3 unspecified atom stereocenters. The maximum Gasteiger partial charge on any atom is 0.148 e. The lowest BCUT2D eigenvalue weighted by Crippen LogP contribution is -2.66. The summed E-state index contributed by atoms with van der Waals surface area (Å²) >= 11 is 0. The molecule has 1 N–H and O–H groups in total. The molecule has 4 nitrogen and oxygen atoms in total. The third-order valence-corrected chi connectivity index (χ3v) is 5.87. The Labute approximate surface area is 117 Å². The lowest BCUT2D eigenvalue weighted by Gasteiger charge is -2.49. The van der Waals surface area contributed by atoms with Crippen LogP contribution in [0.3, 0.4) is 0 Å². The van der Waals surface area contributed by atoms with E-state index < -0.39 is 9.84 Å². The molecule has 2 aliphatic rings. The number of hydrogen-bond acceptors (Lipinski definition) is 4. The van der Waals surface area contributed by atoms with Gasteiger partial charge in [-0.25, -0.2) is 8.42 Å². The minimum Gasteiger partial charge on any atom is -0.308 e. The lowest BCUT2D eigenvalue weighted by molar-refractivity contribution is 0.0492. The van der Waals surface area contributed by atoms with Crippen molar-refractivity contribution in [3.05, 3.63) is 0 Å². The van der Waals surface area contributed by atoms with E-state index in [0.29, 0.717) is 6.04 Å². The van der Waals surface area contributed by atoms with Gasteiger partial charge in [0.1, 0.15) is 9.84 Å². The summed E-state index contributed by atoms with van der Waals surface area (Å²) in [6.07, 6.45) is 5.04. The van der Waals surface area contributed by atoms with Crippen molar-refractivity contribution in [1.29, 1.82) is 0 Å². The van der Waals surface area contributed by atoms with Gasteiger partial charge in [-0.05, 0) is 39.0 Å². The molecule has 0 aromatic heterocycles. The van der Waals surface area contributed by atoms with Crippen LogP contribution in [0.15, 0.2) is 0 Å². The first-order valence-corrected chi connectivity index (χ1v) is 9.49. The van der Waals surface area contributed by atoms with Crippen molar-refractivity contribution >= 4 is 9.84 Å². The van der Waals surface area contributed by atoms with Crippen LogP contribution >= 0.6 is 0 Å². The van der Waals surface area contributed by atoms with Gasteiger partial charge in [0, 0.05) is 37.0 Å². The highest BCUT2D eigenvalue weighted by Crippen LogP contribution is 2.41. The van der Waals surface area contributed by atoms with Crippen molar-refractivity contribution < 1.29 is 8.42 Å². The monoisotopic (exact) mass is 288 g/mol. The standard InChI is InChI=1S/C14H28N2O2S/c1-5-13-8-15-14(3,12-6-7-12)10-16(13)11(2)9-19(4,17)18/h11-13,15H,5-10H2,1-4H3. The molecule has 1 aliphatic heterocycles. The van der Waals surface area contributed by atoms with Crippen LogP contribution in [0.2, 0.25) is 0 Å². The SMILES string of the molecule is CCC1CNC(C)(C2CC2)CN1C(C)CS(C)(=O)=O. The molecule has 0 amide bonds. The summed E-state index contributed by atoms with van der Waals surface area (Å²) in [5.41, 5.74) is 0.178. The van der Waals surface area contributed by atoms with Crippen LogP contribution in [0, 0.1) is 5.92 Å². The van der Waals surface area contributed by atoms with E-state index in [1.165, 1.54) is 19.1 Å². The maximum absolute atomic E-state index is 11.5. The Morgan fingerprint density at radius 3 is 2.53 bits per heavy atom. The third kappa shape index (κ3) is 3.70. The highest BCUT2D eigenvalue weighted by atomic mass is 32.2. The lowest BCUT2D eigenvalue weighted by atomic mass is 9.89. The number of piperazine rings is 1. The van der Waals surface area contributed by atoms with E-state index in [4.69, 9.17) is 0 Å². The van der Waals surface area contributed by atoms with E-state index >= 15 is 0 Å². The molecule has 0 radical (unpaired) electrons. The van der Waals surface area contributed by atoms with Crippen LogP contribution in [-0.4, -0.2) is 56.0 Å². The van der Waals surface area contributed by atoms with E-state index in [2.05, 4.69) is 31.0 Å². The predicted octanol–water partition coefficient (Wildman–Crippen LogP) is 1.27. The molecule has 1 aliphatic carbocycles. The second-order valence-corrected chi connectivity index (χ2v) is 8.93. The van der Waals surface area contributed by atoms with Crippen molar-refractivity contribution in [3.63, 3.8) is 0 Å². The predicted molar refractivity (Wildman–Crippen MR) is 79.1 cm³/mol. The van der Waals surface area contributed by atoms with Crippen LogP contribution in [0.4, 0.5) is 0 Å². The van der Waals surface area contributed by atoms with E-state index in [9.17, 15) is 8.42 Å². The fourth-order valence-electron chi connectivity index (χ4n) is 3.45. The second-order valence-electron chi connectivity index (χ2n) is 6.75. The van der Waals surface area contributed by atoms with E-state index in [-0.39, 0.29) is 17.3 Å². The Bertz CT molecular complexity index is 419. The van der Waals surface area contributed by atoms with Gasteiger partial charge in [-0.1, -0.05) is 6.92 Å². The van der Waals surface area contributed by atoms with Crippen molar-refractivity contribution in [3.8, 4) is 0 Å². The molecule has 0 spiro atoms. The molecule has 3 atom stereocenters. The average molecular weight is 288 g/mol. The molecule has 5 heteroatoms. The number of sulfone groups is 1. The van der Waals surface area contributed by atoms with Crippen LogP contribution in [0.1, 0.15) is 40.0 Å². The molecule has 0 bridgehead atoms. The van der Waals surface area contributed by atoms with Crippen molar-refractivity contribution in [2.24, 2.45) is 5.92 Å². The number of rotatable bonds is 5. The summed E-state index contributed by atoms with van der Waals surface area (Å²) in [6, 6.07) is 0.573. The van der Waals surface area contributed by atoms with Gasteiger partial charge in [0.25, 0.3) is 0 Å². The summed E-state index contributed by atoms with van der Waals surface area (Å²) < 4.78 is 23.1. The van der Waals surface area contributed by atoms with Crippen molar-refractivity contribution in [2.45, 2.75) is 57.7 Å². The Morgan fingerprint density at radius 1 is 1.42 bits per heavy atom. The van der Waals surface area contributed by atoms with Crippen LogP contribution in [-0.2, 0) is 9.84 Å². The summed E-state index contributed by atoms with van der Waals surface area (Å²) in [4.78, 5) is 2.43. The molecule has 2 rings (SSSR count). The largest absolute Gasteiger partial charge is 0.308 e. The van der Waals surface area contributed by atoms with Gasteiger partial charge in [-0.2, -0.15) is 0 Å². The molecule has 1 heterocycles. The normalized spacial score (nSPS) is 35.3. The van der Waals surface area contributed by atoms with Gasteiger partial charge in [0.2, 0.25) is 0 Å². The molecule has 1 saturated heterocycles. The van der Waals surface area contributed by atoms with Gasteiger partial charge in [0.15, 0.2) is 0 Å². The molecular weight excluding hydrogens is 260 g/mol. The van der Waals surface area contributed by atoms with E-state index in [0.717, 1.165) is 25.4 Å². The second kappa shape index (κ2) is 5.34. The quantitative estimate of drug-likeness (QED) is 0.828. The van der Waals surface area contributed by atoms with Gasteiger partial charge in [-0.15, -0.1) is 0 Å². The molecule has 112 valence electrons. The zero-order chi connectivity index (χ0) is 14.3. The van der Waals surface area contributed by atoms with E-state index in [1.807, 2.05) is 0 Å². The van der Waals surface area contributed by atoms with E-state index in [1.54, 1.807) is 0 Å². The first-order valence-electron chi connectivity index (χ1n) is 7.43. The number of nitrogens with one attached hydrogen (secondary N) is 1. The summed E-state index contributed by atoms with van der Waals surface area (Å²) in [5, 5.41) is 3.72. The Kier molecular flexibility index (Phi) is 4.29. The maximum atomic E-state index is 11.5. The minimum atomic E-state index is -2.91. The zero-order valence-electron chi connectivity index (χ0n) is 12.6. The first-order chi connectivity index (χ1) is 8.75. The van der Waals surface area contributed by atoms with Crippen molar-refractivity contribution in [2.75, 3.05) is 25.1 Å². The number of nitrogens with zero attached hydrogens (tertiary/aromatic N) is 1. The number of hydrogen-bond donors (Lipinski definition) is 1. The van der Waals surface area contributed by atoms with Crippen molar-refractivity contribution in [1.82, 2.24) is 10.2 Å². The van der Waals surface area contributed by atoms with Crippen LogP contribution < -0.4 is 5.32 Å². The van der Waals surface area contributed by atoms with Crippen LogP contribution in [0.25, 0.3) is 0 Å². The van der Waals surface area contributed by atoms with Gasteiger partial charge in [-0.3, -0.25) is 4.90 Å². The van der Waals surface area contributed by atoms with Crippen LogP contribution in [0.5, 0.6) is 0 Å². The summed E-state index contributed by atoms with van der Waals surface area (Å²) in [7, 11) is -2.91. The fourth-order valence-corrected chi connectivity index (χ4v) is 4.52. The topological polar surface area (TPSA) is 49.4 Å². The van der Waals surface area contributed by atoms with Gasteiger partial charge < -0.3 is 5.32 Å². The molecule has 19 heavy (non-hydrogen) atoms. The highest BCUT2D eigenvalue weighted by Gasteiger charge is 2.46. The highest BCUT2D eigenvalue weighted by molar-refractivity contribution is 7.90. The summed E-state index contributed by atoms with van der Waals surface area (Å²) in [6.45, 7) is 8.51. The molecule has 2 fully saturated rings. The fraction of sp³-hybridized carbons (Fsp3) is 1.00.